The van der Waals surface area contributed by atoms with E-state index in [2.05, 4.69) is 9.97 Å². The molecule has 5 heteroatoms. The summed E-state index contributed by atoms with van der Waals surface area (Å²) in [6.45, 7) is 2.65. The molecule has 2 heterocycles. The second-order valence-electron chi connectivity index (χ2n) is 4.67. The summed E-state index contributed by atoms with van der Waals surface area (Å²) < 4.78 is 7.97. The van der Waals surface area contributed by atoms with Gasteiger partial charge in [0.1, 0.15) is 5.75 Å². The van der Waals surface area contributed by atoms with E-state index in [1.165, 1.54) is 0 Å². The molecule has 0 saturated carbocycles. The monoisotopic (exact) mass is 285 g/mol. The standard InChI is InChI=1S/C15H15N3OS/c1-10-4-3-5-11(16-10)9-18-14-7-6-12(19-2)8-13(14)17-15(18)20/h3-8H,9H2,1-2H3,(H,17,20). The molecule has 0 fully saturated rings. The van der Waals surface area contributed by atoms with Gasteiger partial charge < -0.3 is 14.3 Å². The number of H-pyrrole nitrogens is 1. The van der Waals surface area contributed by atoms with E-state index >= 15 is 0 Å². The highest BCUT2D eigenvalue weighted by molar-refractivity contribution is 7.71. The van der Waals surface area contributed by atoms with Crippen LogP contribution in [0.15, 0.2) is 36.4 Å². The maximum atomic E-state index is 5.40. The number of hydrogen-bond acceptors (Lipinski definition) is 3. The van der Waals surface area contributed by atoms with Crippen LogP contribution in [0.3, 0.4) is 0 Å². The second-order valence-corrected chi connectivity index (χ2v) is 5.06. The van der Waals surface area contributed by atoms with Gasteiger partial charge in [-0.15, -0.1) is 0 Å². The van der Waals surface area contributed by atoms with Crippen molar-refractivity contribution in [1.82, 2.24) is 14.5 Å². The fourth-order valence-corrected chi connectivity index (χ4v) is 2.55. The fourth-order valence-electron chi connectivity index (χ4n) is 2.28. The van der Waals surface area contributed by atoms with Crippen molar-refractivity contribution in [1.29, 1.82) is 0 Å². The smallest absolute Gasteiger partial charge is 0.178 e. The first-order valence-corrected chi connectivity index (χ1v) is 6.77. The van der Waals surface area contributed by atoms with Gasteiger partial charge in [0, 0.05) is 11.8 Å². The Balaban J connectivity index is 2.07. The third-order valence-electron chi connectivity index (χ3n) is 3.25. The number of aromatic amines is 1. The zero-order valence-corrected chi connectivity index (χ0v) is 12.2. The van der Waals surface area contributed by atoms with E-state index in [1.54, 1.807) is 7.11 Å². The van der Waals surface area contributed by atoms with E-state index in [0.29, 0.717) is 11.3 Å². The molecule has 102 valence electrons. The lowest BCUT2D eigenvalue weighted by Crippen LogP contribution is -2.02. The molecular weight excluding hydrogens is 270 g/mol. The number of rotatable bonds is 3. The average molecular weight is 285 g/mol. The molecule has 2 aromatic heterocycles. The number of aromatic nitrogens is 3. The van der Waals surface area contributed by atoms with Crippen molar-refractivity contribution in [3.8, 4) is 5.75 Å². The number of imidazole rings is 1. The lowest BCUT2D eigenvalue weighted by Gasteiger charge is -2.05. The van der Waals surface area contributed by atoms with Crippen LogP contribution >= 0.6 is 12.2 Å². The zero-order valence-electron chi connectivity index (χ0n) is 11.4. The number of nitrogens with zero attached hydrogens (tertiary/aromatic N) is 2. The third-order valence-corrected chi connectivity index (χ3v) is 3.57. The van der Waals surface area contributed by atoms with Gasteiger partial charge in [-0.05, 0) is 43.4 Å². The molecule has 0 amide bonds. The molecule has 0 unspecified atom stereocenters. The van der Waals surface area contributed by atoms with Gasteiger partial charge in [0.25, 0.3) is 0 Å². The maximum Gasteiger partial charge on any atom is 0.178 e. The van der Waals surface area contributed by atoms with Crippen molar-refractivity contribution >= 4 is 23.3 Å². The number of benzene rings is 1. The van der Waals surface area contributed by atoms with Crippen LogP contribution in [-0.4, -0.2) is 21.6 Å². The van der Waals surface area contributed by atoms with Gasteiger partial charge in [-0.1, -0.05) is 6.07 Å². The molecule has 0 aliphatic carbocycles. The van der Waals surface area contributed by atoms with Crippen molar-refractivity contribution in [2.75, 3.05) is 7.11 Å². The van der Waals surface area contributed by atoms with Crippen LogP contribution in [0.25, 0.3) is 11.0 Å². The van der Waals surface area contributed by atoms with Gasteiger partial charge in [0.15, 0.2) is 4.77 Å². The highest BCUT2D eigenvalue weighted by atomic mass is 32.1. The van der Waals surface area contributed by atoms with Crippen LogP contribution in [0, 0.1) is 11.7 Å². The molecule has 0 radical (unpaired) electrons. The van der Waals surface area contributed by atoms with Gasteiger partial charge in [-0.3, -0.25) is 4.98 Å². The van der Waals surface area contributed by atoms with Crippen molar-refractivity contribution < 1.29 is 4.74 Å². The fraction of sp³-hybridized carbons (Fsp3) is 0.200. The van der Waals surface area contributed by atoms with Gasteiger partial charge in [-0.25, -0.2) is 0 Å². The van der Waals surface area contributed by atoms with Gasteiger partial charge >= 0.3 is 0 Å². The number of pyridine rings is 1. The van der Waals surface area contributed by atoms with Gasteiger partial charge in [0.05, 0.1) is 30.4 Å². The van der Waals surface area contributed by atoms with Crippen molar-refractivity contribution in [3.05, 3.63) is 52.6 Å². The zero-order chi connectivity index (χ0) is 14.1. The van der Waals surface area contributed by atoms with E-state index < -0.39 is 0 Å². The van der Waals surface area contributed by atoms with Crippen LogP contribution in [0.5, 0.6) is 5.75 Å². The summed E-state index contributed by atoms with van der Waals surface area (Å²) in [5, 5.41) is 0. The molecule has 0 spiro atoms. The summed E-state index contributed by atoms with van der Waals surface area (Å²) >= 11 is 5.40. The molecule has 1 N–H and O–H groups in total. The molecule has 1 aromatic carbocycles. The molecule has 4 nitrogen and oxygen atoms in total. The van der Waals surface area contributed by atoms with E-state index in [0.717, 1.165) is 28.2 Å². The minimum atomic E-state index is 0.660. The largest absolute Gasteiger partial charge is 0.497 e. The van der Waals surface area contributed by atoms with Crippen molar-refractivity contribution in [3.63, 3.8) is 0 Å². The summed E-state index contributed by atoms with van der Waals surface area (Å²) in [6, 6.07) is 11.9. The average Bonchev–Trinajstić information content (AvgIpc) is 2.74. The first-order chi connectivity index (χ1) is 9.67. The molecule has 0 aliphatic rings. The number of methoxy groups -OCH3 is 1. The lowest BCUT2D eigenvalue weighted by molar-refractivity contribution is 0.415. The Hall–Kier alpha value is -2.14. The third kappa shape index (κ3) is 2.32. The topological polar surface area (TPSA) is 42.8 Å². The summed E-state index contributed by atoms with van der Waals surface area (Å²) in [7, 11) is 1.66. The van der Waals surface area contributed by atoms with Crippen molar-refractivity contribution in [2.24, 2.45) is 0 Å². The highest BCUT2D eigenvalue weighted by Crippen LogP contribution is 2.21. The quantitative estimate of drug-likeness (QED) is 0.749. The Kier molecular flexibility index (Phi) is 3.28. The Morgan fingerprint density at radius 3 is 2.90 bits per heavy atom. The summed E-state index contributed by atoms with van der Waals surface area (Å²) in [5.74, 6) is 0.814. The molecule has 0 bridgehead atoms. The molecule has 3 rings (SSSR count). The Labute approximate surface area is 122 Å². The van der Waals surface area contributed by atoms with Crippen LogP contribution in [0.1, 0.15) is 11.4 Å². The first kappa shape index (κ1) is 12.9. The van der Waals surface area contributed by atoms with E-state index in [1.807, 2.05) is 47.9 Å². The van der Waals surface area contributed by atoms with Gasteiger partial charge in [0.2, 0.25) is 0 Å². The number of hydrogen-bond donors (Lipinski definition) is 1. The van der Waals surface area contributed by atoms with E-state index in [9.17, 15) is 0 Å². The van der Waals surface area contributed by atoms with Crippen molar-refractivity contribution in [2.45, 2.75) is 13.5 Å². The Bertz CT molecular complexity index is 819. The SMILES string of the molecule is COc1ccc2c(c1)[nH]c(=S)n2Cc1cccc(C)n1. The maximum absolute atomic E-state index is 5.40. The molecule has 0 atom stereocenters. The summed E-state index contributed by atoms with van der Waals surface area (Å²) in [5.41, 5.74) is 4.04. The molecule has 0 aliphatic heterocycles. The molecule has 20 heavy (non-hydrogen) atoms. The minimum absolute atomic E-state index is 0.660. The number of nitrogens with one attached hydrogen (secondary N) is 1. The normalized spacial score (nSPS) is 10.9. The highest BCUT2D eigenvalue weighted by Gasteiger charge is 2.07. The number of ether oxygens (including phenoxy) is 1. The summed E-state index contributed by atoms with van der Waals surface area (Å²) in [6.07, 6.45) is 0. The summed E-state index contributed by atoms with van der Waals surface area (Å²) in [4.78, 5) is 7.73. The number of aryl methyl sites for hydroxylation is 1. The van der Waals surface area contributed by atoms with Crippen LogP contribution < -0.4 is 4.74 Å². The predicted molar refractivity (Wildman–Crippen MR) is 81.8 cm³/mol. The van der Waals surface area contributed by atoms with E-state index in [4.69, 9.17) is 17.0 Å². The first-order valence-electron chi connectivity index (χ1n) is 6.36. The van der Waals surface area contributed by atoms with Crippen LogP contribution in [-0.2, 0) is 6.54 Å². The number of fused-ring (bicyclic) bond motifs is 1. The minimum Gasteiger partial charge on any atom is -0.497 e. The van der Waals surface area contributed by atoms with E-state index in [-0.39, 0.29) is 0 Å². The molecule has 3 aromatic rings. The van der Waals surface area contributed by atoms with Crippen LogP contribution in [0.2, 0.25) is 0 Å². The predicted octanol–water partition coefficient (Wildman–Crippen LogP) is 3.46. The Morgan fingerprint density at radius 2 is 2.15 bits per heavy atom. The Morgan fingerprint density at radius 1 is 1.30 bits per heavy atom. The molecule has 0 saturated heterocycles. The lowest BCUT2D eigenvalue weighted by atomic mass is 10.2. The second kappa shape index (κ2) is 5.09. The van der Waals surface area contributed by atoms with Gasteiger partial charge in [-0.2, -0.15) is 0 Å². The molecular formula is C15H15N3OS. The van der Waals surface area contributed by atoms with Crippen LogP contribution in [0.4, 0.5) is 0 Å².